The maximum atomic E-state index is 12.3. The summed E-state index contributed by atoms with van der Waals surface area (Å²) in [5, 5.41) is 11.0. The predicted molar refractivity (Wildman–Crippen MR) is 90.3 cm³/mol. The number of hydrogen-bond donors (Lipinski definition) is 0. The number of carbonyl (C=O) groups excluding carboxylic acids is 1. The van der Waals surface area contributed by atoms with Crippen molar-refractivity contribution in [3.8, 4) is 0 Å². The highest BCUT2D eigenvalue weighted by molar-refractivity contribution is 7.16. The lowest BCUT2D eigenvalue weighted by atomic mass is 10.3. The number of methoxy groups -OCH3 is 1. The molecule has 0 fully saturated rings. The van der Waals surface area contributed by atoms with Gasteiger partial charge >= 0.3 is 0 Å². The molecule has 1 aromatic carbocycles. The van der Waals surface area contributed by atoms with Gasteiger partial charge in [-0.05, 0) is 6.07 Å². The zero-order valence-corrected chi connectivity index (χ0v) is 14.0. The summed E-state index contributed by atoms with van der Waals surface area (Å²) >= 11 is 1.20. The number of non-ortho nitro benzene ring substituents is 1. The van der Waals surface area contributed by atoms with Crippen LogP contribution in [0.1, 0.15) is 10.5 Å². The lowest BCUT2D eigenvalue weighted by molar-refractivity contribution is -0.384. The molecular weight excluding hydrogens is 346 g/mol. The van der Waals surface area contributed by atoms with Gasteiger partial charge in [-0.25, -0.2) is 4.98 Å². The minimum absolute atomic E-state index is 0.0144. The largest absolute Gasteiger partial charge is 0.383 e. The Morgan fingerprint density at radius 3 is 2.96 bits per heavy atom. The monoisotopic (exact) mass is 359 g/mol. The number of amides is 1. The van der Waals surface area contributed by atoms with Gasteiger partial charge in [0.2, 0.25) is 0 Å². The SMILES string of the molecule is COCCn1c(=NC(=O)c2cnccn2)sc2cc([N+](=O)[O-])ccc21. The number of benzene rings is 1. The van der Waals surface area contributed by atoms with Crippen LogP contribution < -0.4 is 4.80 Å². The van der Waals surface area contributed by atoms with Gasteiger partial charge in [-0.15, -0.1) is 0 Å². The third-order valence-corrected chi connectivity index (χ3v) is 4.42. The van der Waals surface area contributed by atoms with E-state index in [0.29, 0.717) is 22.7 Å². The van der Waals surface area contributed by atoms with Gasteiger partial charge < -0.3 is 9.30 Å². The summed E-state index contributed by atoms with van der Waals surface area (Å²) in [5.74, 6) is -0.527. The van der Waals surface area contributed by atoms with Crippen LogP contribution in [0.3, 0.4) is 0 Å². The summed E-state index contributed by atoms with van der Waals surface area (Å²) in [5.41, 5.74) is 0.863. The Morgan fingerprint density at radius 2 is 2.28 bits per heavy atom. The molecule has 0 aliphatic carbocycles. The van der Waals surface area contributed by atoms with E-state index in [-0.39, 0.29) is 11.4 Å². The molecule has 0 saturated heterocycles. The van der Waals surface area contributed by atoms with Crippen molar-refractivity contribution < 1.29 is 14.5 Å². The van der Waals surface area contributed by atoms with Gasteiger partial charge in [0.25, 0.3) is 11.6 Å². The number of nitro benzene ring substituents is 1. The fourth-order valence-electron chi connectivity index (χ4n) is 2.21. The first-order valence-electron chi connectivity index (χ1n) is 7.22. The Hall–Kier alpha value is -2.98. The molecule has 0 unspecified atom stereocenters. The van der Waals surface area contributed by atoms with Crippen LogP contribution in [0.25, 0.3) is 10.2 Å². The molecule has 3 aromatic rings. The molecule has 0 spiro atoms. The summed E-state index contributed by atoms with van der Waals surface area (Å²) < 4.78 is 7.55. The smallest absolute Gasteiger partial charge is 0.299 e. The Morgan fingerprint density at radius 1 is 1.44 bits per heavy atom. The van der Waals surface area contributed by atoms with Crippen LogP contribution in [0.15, 0.2) is 41.8 Å². The van der Waals surface area contributed by atoms with E-state index in [2.05, 4.69) is 15.0 Å². The first kappa shape index (κ1) is 16.9. The second-order valence-electron chi connectivity index (χ2n) is 4.95. The molecule has 10 heteroatoms. The van der Waals surface area contributed by atoms with Crippen molar-refractivity contribution in [2.24, 2.45) is 4.99 Å². The van der Waals surface area contributed by atoms with Crippen LogP contribution in [0.5, 0.6) is 0 Å². The molecule has 0 bridgehead atoms. The number of ether oxygens (including phenoxy) is 1. The van der Waals surface area contributed by atoms with Crippen LogP contribution in [0, 0.1) is 10.1 Å². The number of nitro groups is 1. The minimum atomic E-state index is -0.527. The van der Waals surface area contributed by atoms with E-state index in [1.165, 1.54) is 42.1 Å². The van der Waals surface area contributed by atoms with Crippen LogP contribution in [-0.4, -0.2) is 39.1 Å². The van der Waals surface area contributed by atoms with Crippen molar-refractivity contribution in [3.05, 3.63) is 57.4 Å². The molecule has 0 radical (unpaired) electrons. The van der Waals surface area contributed by atoms with E-state index in [1.807, 2.05) is 0 Å². The molecule has 0 saturated carbocycles. The lowest BCUT2D eigenvalue weighted by Gasteiger charge is -2.03. The summed E-state index contributed by atoms with van der Waals surface area (Å²) in [6.07, 6.45) is 4.22. The standard InChI is InChI=1S/C15H13N5O4S/c1-24-7-6-19-12-3-2-10(20(22)23)8-13(12)25-15(19)18-14(21)11-9-16-4-5-17-11/h2-5,8-9H,6-7H2,1H3. The lowest BCUT2D eigenvalue weighted by Crippen LogP contribution is -2.19. The van der Waals surface area contributed by atoms with E-state index in [4.69, 9.17) is 4.74 Å². The Labute approximate surface area is 145 Å². The van der Waals surface area contributed by atoms with Gasteiger partial charge in [0.05, 0.1) is 27.9 Å². The highest BCUT2D eigenvalue weighted by atomic mass is 32.1. The Balaban J connectivity index is 2.13. The van der Waals surface area contributed by atoms with Gasteiger partial charge in [0, 0.05) is 38.2 Å². The molecular formula is C15H13N5O4S. The summed E-state index contributed by atoms with van der Waals surface area (Å²) in [6.45, 7) is 0.871. The second kappa shape index (κ2) is 7.28. The van der Waals surface area contributed by atoms with Crippen molar-refractivity contribution in [1.29, 1.82) is 0 Å². The van der Waals surface area contributed by atoms with E-state index >= 15 is 0 Å². The number of carbonyl (C=O) groups is 1. The maximum Gasteiger partial charge on any atom is 0.299 e. The first-order valence-corrected chi connectivity index (χ1v) is 8.03. The van der Waals surface area contributed by atoms with Gasteiger partial charge in [-0.1, -0.05) is 11.3 Å². The van der Waals surface area contributed by atoms with Crippen LogP contribution >= 0.6 is 11.3 Å². The normalized spacial score (nSPS) is 11.8. The molecule has 0 aliphatic rings. The Bertz CT molecular complexity index is 996. The molecule has 128 valence electrons. The summed E-state index contributed by atoms with van der Waals surface area (Å²) in [6, 6.07) is 4.53. The topological polar surface area (TPSA) is 113 Å². The molecule has 1 amide bonds. The zero-order chi connectivity index (χ0) is 17.8. The molecule has 2 heterocycles. The number of rotatable bonds is 5. The van der Waals surface area contributed by atoms with Gasteiger partial charge in [0.15, 0.2) is 4.80 Å². The van der Waals surface area contributed by atoms with E-state index in [0.717, 1.165) is 5.52 Å². The highest BCUT2D eigenvalue weighted by Gasteiger charge is 2.13. The number of nitrogens with zero attached hydrogens (tertiary/aromatic N) is 5. The van der Waals surface area contributed by atoms with E-state index < -0.39 is 10.8 Å². The number of aromatic nitrogens is 3. The van der Waals surface area contributed by atoms with Crippen molar-refractivity contribution in [3.63, 3.8) is 0 Å². The molecule has 3 rings (SSSR count). The Kier molecular flexibility index (Phi) is 4.91. The van der Waals surface area contributed by atoms with Gasteiger partial charge in [-0.3, -0.25) is 19.9 Å². The number of fused-ring (bicyclic) bond motifs is 1. The number of thiazole rings is 1. The van der Waals surface area contributed by atoms with Crippen LogP contribution in [0.2, 0.25) is 0 Å². The predicted octanol–water partition coefficient (Wildman–Crippen LogP) is 1.79. The fraction of sp³-hybridized carbons (Fsp3) is 0.200. The second-order valence-corrected chi connectivity index (χ2v) is 5.95. The van der Waals surface area contributed by atoms with Crippen molar-refractivity contribution in [1.82, 2.24) is 14.5 Å². The molecule has 25 heavy (non-hydrogen) atoms. The van der Waals surface area contributed by atoms with E-state index in [9.17, 15) is 14.9 Å². The summed E-state index contributed by atoms with van der Waals surface area (Å²) in [4.78, 5) is 35.1. The quantitative estimate of drug-likeness (QED) is 0.507. The third-order valence-electron chi connectivity index (χ3n) is 3.38. The first-order chi connectivity index (χ1) is 12.1. The van der Waals surface area contributed by atoms with Crippen molar-refractivity contribution in [2.75, 3.05) is 13.7 Å². The average Bonchev–Trinajstić information content (AvgIpc) is 2.96. The zero-order valence-electron chi connectivity index (χ0n) is 13.2. The maximum absolute atomic E-state index is 12.3. The summed E-state index contributed by atoms with van der Waals surface area (Å²) in [7, 11) is 1.57. The molecule has 0 atom stereocenters. The van der Waals surface area contributed by atoms with E-state index in [1.54, 1.807) is 17.7 Å². The van der Waals surface area contributed by atoms with Crippen LogP contribution in [0.4, 0.5) is 5.69 Å². The minimum Gasteiger partial charge on any atom is -0.383 e. The molecule has 0 aliphatic heterocycles. The third kappa shape index (κ3) is 3.59. The van der Waals surface area contributed by atoms with Gasteiger partial charge in [-0.2, -0.15) is 4.99 Å². The van der Waals surface area contributed by atoms with Crippen LogP contribution in [-0.2, 0) is 11.3 Å². The molecule has 2 aromatic heterocycles. The van der Waals surface area contributed by atoms with Gasteiger partial charge in [0.1, 0.15) is 5.69 Å². The highest BCUT2D eigenvalue weighted by Crippen LogP contribution is 2.23. The molecule has 0 N–H and O–H groups in total. The average molecular weight is 359 g/mol. The van der Waals surface area contributed by atoms with Crippen molar-refractivity contribution in [2.45, 2.75) is 6.54 Å². The van der Waals surface area contributed by atoms with Crippen molar-refractivity contribution >= 4 is 33.1 Å². The molecule has 9 nitrogen and oxygen atoms in total. The number of hydrogen-bond acceptors (Lipinski definition) is 7. The fourth-order valence-corrected chi connectivity index (χ4v) is 3.30.